The first kappa shape index (κ1) is 18.0. The summed E-state index contributed by atoms with van der Waals surface area (Å²) in [6.45, 7) is 0.833. The summed E-state index contributed by atoms with van der Waals surface area (Å²) >= 11 is 6.23. The molecule has 0 aliphatic rings. The van der Waals surface area contributed by atoms with Crippen LogP contribution in [0.25, 0.3) is 10.9 Å². The van der Waals surface area contributed by atoms with Crippen molar-refractivity contribution in [2.45, 2.75) is 19.2 Å². The second kappa shape index (κ2) is 6.83. The van der Waals surface area contributed by atoms with Crippen molar-refractivity contribution in [2.24, 2.45) is 0 Å². The summed E-state index contributed by atoms with van der Waals surface area (Å²) in [5.41, 5.74) is 0.814. The maximum atomic E-state index is 12.7. The first-order valence-corrected chi connectivity index (χ1v) is 7.76. The highest BCUT2D eigenvalue weighted by atomic mass is 35.5. The van der Waals surface area contributed by atoms with Gasteiger partial charge in [-0.25, -0.2) is 4.98 Å². The van der Waals surface area contributed by atoms with Crippen LogP contribution in [0.15, 0.2) is 36.7 Å². The molecular weight excluding hydrogens is 373 g/mol. The monoisotopic (exact) mass is 384 g/mol. The molecule has 3 aromatic rings. The summed E-state index contributed by atoms with van der Waals surface area (Å²) in [4.78, 5) is 16.2. The number of aromatic nitrogens is 3. The van der Waals surface area contributed by atoms with Gasteiger partial charge in [-0.3, -0.25) is 9.89 Å². The highest BCUT2D eigenvalue weighted by Gasteiger charge is 2.39. The molecule has 10 heteroatoms. The van der Waals surface area contributed by atoms with Gasteiger partial charge < -0.3 is 10.1 Å². The van der Waals surface area contributed by atoms with Crippen LogP contribution in [0.1, 0.15) is 17.3 Å². The molecule has 2 N–H and O–H groups in total. The van der Waals surface area contributed by atoms with E-state index in [4.69, 9.17) is 16.3 Å². The zero-order chi connectivity index (χ0) is 18.9. The molecule has 136 valence electrons. The van der Waals surface area contributed by atoms with E-state index in [-0.39, 0.29) is 16.3 Å². The van der Waals surface area contributed by atoms with Crippen molar-refractivity contribution in [1.29, 1.82) is 0 Å². The lowest BCUT2D eigenvalue weighted by molar-refractivity contribution is -0.190. The molecule has 0 saturated heterocycles. The predicted molar refractivity (Wildman–Crippen MR) is 89.4 cm³/mol. The van der Waals surface area contributed by atoms with E-state index in [2.05, 4.69) is 20.5 Å². The summed E-state index contributed by atoms with van der Waals surface area (Å²) in [5, 5.41) is 9.98. The van der Waals surface area contributed by atoms with Gasteiger partial charge in [0, 0.05) is 11.6 Å². The minimum absolute atomic E-state index is 0.146. The van der Waals surface area contributed by atoms with Crippen molar-refractivity contribution in [2.75, 3.05) is 5.32 Å². The summed E-state index contributed by atoms with van der Waals surface area (Å²) in [6, 6.07) is 5.94. The van der Waals surface area contributed by atoms with Gasteiger partial charge in [-0.05, 0) is 31.2 Å². The highest BCUT2D eigenvalue weighted by molar-refractivity contribution is 6.38. The number of alkyl halides is 3. The molecule has 0 aliphatic carbocycles. The fourth-order valence-corrected chi connectivity index (χ4v) is 2.42. The molecule has 0 fully saturated rings. The van der Waals surface area contributed by atoms with Crippen LogP contribution in [-0.4, -0.2) is 33.4 Å². The minimum Gasteiger partial charge on any atom is -0.464 e. The number of ether oxygens (including phenoxy) is 1. The van der Waals surface area contributed by atoms with E-state index >= 15 is 0 Å². The molecule has 0 bridgehead atoms. The van der Waals surface area contributed by atoms with Crippen LogP contribution in [-0.2, 0) is 0 Å². The van der Waals surface area contributed by atoms with Crippen molar-refractivity contribution in [3.63, 3.8) is 0 Å². The maximum absolute atomic E-state index is 12.7. The van der Waals surface area contributed by atoms with Crippen molar-refractivity contribution in [3.8, 4) is 5.88 Å². The lowest BCUT2D eigenvalue weighted by Crippen LogP contribution is -2.32. The number of fused-ring (bicyclic) bond motifs is 1. The van der Waals surface area contributed by atoms with Crippen LogP contribution in [0.5, 0.6) is 5.88 Å². The Bertz CT molecular complexity index is 958. The Hall–Kier alpha value is -2.81. The smallest absolute Gasteiger partial charge is 0.425 e. The van der Waals surface area contributed by atoms with Crippen molar-refractivity contribution in [3.05, 3.63) is 47.2 Å². The van der Waals surface area contributed by atoms with Gasteiger partial charge >= 0.3 is 6.18 Å². The first-order valence-electron chi connectivity index (χ1n) is 7.38. The number of carbonyl (C=O) groups excluding carboxylic acids is 1. The Morgan fingerprint density at radius 1 is 1.35 bits per heavy atom. The molecule has 1 atom stereocenters. The number of benzene rings is 1. The summed E-state index contributed by atoms with van der Waals surface area (Å²) in [5.74, 6) is -1.12. The predicted octanol–water partition coefficient (Wildman–Crippen LogP) is 4.19. The number of halogens is 4. The van der Waals surface area contributed by atoms with Crippen LogP contribution in [0, 0.1) is 0 Å². The minimum atomic E-state index is -4.58. The van der Waals surface area contributed by atoms with Crippen molar-refractivity contribution < 1.29 is 22.7 Å². The molecule has 0 saturated carbocycles. The Morgan fingerprint density at radius 2 is 2.12 bits per heavy atom. The number of pyridine rings is 1. The average Bonchev–Trinajstić information content (AvgIpc) is 3.06. The van der Waals surface area contributed by atoms with Gasteiger partial charge in [0.25, 0.3) is 5.91 Å². The molecule has 1 amide bonds. The summed E-state index contributed by atoms with van der Waals surface area (Å²) < 4.78 is 42.9. The maximum Gasteiger partial charge on any atom is 0.425 e. The largest absolute Gasteiger partial charge is 0.464 e. The van der Waals surface area contributed by atoms with Crippen LogP contribution in [0.3, 0.4) is 0 Å². The van der Waals surface area contributed by atoms with Crippen molar-refractivity contribution in [1.82, 2.24) is 15.2 Å². The second-order valence-electron chi connectivity index (χ2n) is 5.37. The second-order valence-corrected chi connectivity index (χ2v) is 5.75. The van der Waals surface area contributed by atoms with E-state index in [0.717, 1.165) is 6.92 Å². The Morgan fingerprint density at radius 3 is 2.85 bits per heavy atom. The van der Waals surface area contributed by atoms with E-state index < -0.39 is 24.1 Å². The van der Waals surface area contributed by atoms with Gasteiger partial charge in [0.1, 0.15) is 5.56 Å². The van der Waals surface area contributed by atoms with Gasteiger partial charge in [0.05, 0.1) is 22.4 Å². The zero-order valence-electron chi connectivity index (χ0n) is 13.3. The average molecular weight is 385 g/mol. The van der Waals surface area contributed by atoms with Gasteiger partial charge in [-0.1, -0.05) is 11.6 Å². The quantitative estimate of drug-likeness (QED) is 0.706. The molecule has 0 spiro atoms. The third-order valence-electron chi connectivity index (χ3n) is 3.57. The number of nitrogens with one attached hydrogen (secondary N) is 2. The number of anilines is 1. The van der Waals surface area contributed by atoms with E-state index in [9.17, 15) is 18.0 Å². The summed E-state index contributed by atoms with van der Waals surface area (Å²) in [6.07, 6.45) is -3.97. The Kier molecular flexibility index (Phi) is 4.73. The number of rotatable bonds is 4. The molecular formula is C16H12ClF3N4O2. The molecule has 26 heavy (non-hydrogen) atoms. The number of amides is 1. The molecule has 2 aromatic heterocycles. The summed E-state index contributed by atoms with van der Waals surface area (Å²) in [7, 11) is 0. The van der Waals surface area contributed by atoms with Crippen LogP contribution in [0.4, 0.5) is 18.9 Å². The topological polar surface area (TPSA) is 79.9 Å². The zero-order valence-corrected chi connectivity index (χ0v) is 14.0. The van der Waals surface area contributed by atoms with E-state index in [0.29, 0.717) is 10.9 Å². The van der Waals surface area contributed by atoms with Gasteiger partial charge in [-0.15, -0.1) is 0 Å². The fraction of sp³-hybridized carbons (Fsp3) is 0.188. The lowest BCUT2D eigenvalue weighted by Gasteiger charge is -2.18. The van der Waals surface area contributed by atoms with Crippen LogP contribution in [0.2, 0.25) is 5.02 Å². The Labute approximate surface area is 150 Å². The van der Waals surface area contributed by atoms with Crippen LogP contribution >= 0.6 is 11.6 Å². The number of hydrogen-bond donors (Lipinski definition) is 2. The van der Waals surface area contributed by atoms with Crippen LogP contribution < -0.4 is 10.1 Å². The third-order valence-corrected chi connectivity index (χ3v) is 3.98. The normalized spacial score (nSPS) is 12.8. The third kappa shape index (κ3) is 3.57. The van der Waals surface area contributed by atoms with Crippen molar-refractivity contribution >= 4 is 34.1 Å². The molecule has 0 radical (unpaired) electrons. The number of carbonyl (C=O) groups is 1. The Balaban J connectivity index is 1.87. The number of aromatic amines is 1. The van der Waals surface area contributed by atoms with Gasteiger partial charge in [0.2, 0.25) is 5.88 Å². The van der Waals surface area contributed by atoms with E-state index in [1.807, 2.05) is 0 Å². The van der Waals surface area contributed by atoms with Gasteiger partial charge in [0.15, 0.2) is 6.10 Å². The number of H-pyrrole nitrogens is 1. The first-order chi connectivity index (χ1) is 12.3. The molecule has 1 unspecified atom stereocenters. The molecule has 0 aliphatic heterocycles. The number of hydrogen-bond acceptors (Lipinski definition) is 4. The SMILES string of the molecule is CC(Oc1ncccc1C(=O)Nc1ccc2[nH]ncc2c1Cl)C(F)(F)F. The van der Waals surface area contributed by atoms with Gasteiger partial charge in [-0.2, -0.15) is 18.3 Å². The lowest BCUT2D eigenvalue weighted by atomic mass is 10.2. The molecule has 3 rings (SSSR count). The van der Waals surface area contributed by atoms with E-state index in [1.54, 1.807) is 12.1 Å². The highest BCUT2D eigenvalue weighted by Crippen LogP contribution is 2.31. The standard InChI is InChI=1S/C16H12ClF3N4O2/c1-8(16(18,19)20)26-15-9(3-2-6-21-15)14(25)23-12-5-4-11-10(13(12)17)7-22-24-11/h2-8H,1H3,(H,22,24)(H,23,25). The van der Waals surface area contributed by atoms with E-state index in [1.165, 1.54) is 24.5 Å². The number of nitrogens with zero attached hydrogens (tertiary/aromatic N) is 2. The molecule has 1 aromatic carbocycles. The molecule has 6 nitrogen and oxygen atoms in total. The molecule has 2 heterocycles. The fourth-order valence-electron chi connectivity index (χ4n) is 2.16.